The molecule has 2 unspecified atom stereocenters. The lowest BCUT2D eigenvalue weighted by molar-refractivity contribution is -0.119. The van der Waals surface area contributed by atoms with Crippen molar-refractivity contribution in [2.24, 2.45) is 5.41 Å². The lowest BCUT2D eigenvalue weighted by atomic mass is 9.79. The van der Waals surface area contributed by atoms with Crippen molar-refractivity contribution in [3.8, 4) is 0 Å². The van der Waals surface area contributed by atoms with Gasteiger partial charge in [0.15, 0.2) is 5.78 Å². The molecule has 2 aliphatic rings. The SMILES string of the molecule is CC1=CC(N2CCCC2)C(O)C(C)(C)CC1=O.Cl. The van der Waals surface area contributed by atoms with Gasteiger partial charge in [-0.05, 0) is 43.8 Å². The minimum absolute atomic E-state index is 0. The van der Waals surface area contributed by atoms with E-state index < -0.39 is 6.10 Å². The number of hydrogen-bond acceptors (Lipinski definition) is 3. The van der Waals surface area contributed by atoms with Gasteiger partial charge in [0.2, 0.25) is 0 Å². The van der Waals surface area contributed by atoms with Crippen LogP contribution in [0.4, 0.5) is 0 Å². The maximum Gasteiger partial charge on any atom is 0.158 e. The molecule has 0 aromatic carbocycles. The van der Waals surface area contributed by atoms with Crippen molar-refractivity contribution in [1.82, 2.24) is 4.90 Å². The average molecular weight is 274 g/mol. The Labute approximate surface area is 116 Å². The van der Waals surface area contributed by atoms with Gasteiger partial charge in [0, 0.05) is 6.42 Å². The number of aliphatic hydroxyl groups is 1. The number of halogens is 1. The predicted molar refractivity (Wildman–Crippen MR) is 75.0 cm³/mol. The smallest absolute Gasteiger partial charge is 0.158 e. The Morgan fingerprint density at radius 2 is 1.89 bits per heavy atom. The van der Waals surface area contributed by atoms with Crippen molar-refractivity contribution in [1.29, 1.82) is 0 Å². The van der Waals surface area contributed by atoms with Gasteiger partial charge >= 0.3 is 0 Å². The molecule has 0 spiro atoms. The van der Waals surface area contributed by atoms with Gasteiger partial charge in [-0.3, -0.25) is 9.69 Å². The lowest BCUT2D eigenvalue weighted by Crippen LogP contribution is -2.47. The number of rotatable bonds is 1. The van der Waals surface area contributed by atoms with E-state index in [1.165, 1.54) is 12.8 Å². The van der Waals surface area contributed by atoms with Crippen LogP contribution in [-0.2, 0) is 4.79 Å². The number of ketones is 1. The average Bonchev–Trinajstić information content (AvgIpc) is 2.74. The van der Waals surface area contributed by atoms with Crippen molar-refractivity contribution in [3.63, 3.8) is 0 Å². The third-order valence-corrected chi connectivity index (χ3v) is 4.16. The third-order valence-electron chi connectivity index (χ3n) is 4.16. The van der Waals surface area contributed by atoms with Gasteiger partial charge in [-0.25, -0.2) is 0 Å². The molecule has 0 aromatic heterocycles. The van der Waals surface area contributed by atoms with E-state index in [4.69, 9.17) is 0 Å². The van der Waals surface area contributed by atoms with Crippen LogP contribution in [0.2, 0.25) is 0 Å². The molecule has 0 bridgehead atoms. The summed E-state index contributed by atoms with van der Waals surface area (Å²) in [6, 6.07) is 0.0129. The zero-order valence-corrected chi connectivity index (χ0v) is 12.3. The summed E-state index contributed by atoms with van der Waals surface area (Å²) in [6.45, 7) is 7.93. The molecular formula is C14H24ClNO2. The highest BCUT2D eigenvalue weighted by Gasteiger charge is 2.40. The normalized spacial score (nSPS) is 32.7. The minimum atomic E-state index is -0.456. The van der Waals surface area contributed by atoms with Gasteiger partial charge in [0.05, 0.1) is 12.1 Å². The molecule has 0 radical (unpaired) electrons. The van der Waals surface area contributed by atoms with Gasteiger partial charge in [0.1, 0.15) is 0 Å². The van der Waals surface area contributed by atoms with Gasteiger partial charge in [-0.15, -0.1) is 12.4 Å². The number of aliphatic hydroxyl groups excluding tert-OH is 1. The minimum Gasteiger partial charge on any atom is -0.391 e. The van der Waals surface area contributed by atoms with Crippen molar-refractivity contribution in [3.05, 3.63) is 11.6 Å². The van der Waals surface area contributed by atoms with Crippen LogP contribution in [0.3, 0.4) is 0 Å². The largest absolute Gasteiger partial charge is 0.391 e. The Kier molecular flexibility index (Phi) is 4.98. The van der Waals surface area contributed by atoms with E-state index in [9.17, 15) is 9.90 Å². The monoisotopic (exact) mass is 273 g/mol. The van der Waals surface area contributed by atoms with Crippen LogP contribution in [-0.4, -0.2) is 41.0 Å². The lowest BCUT2D eigenvalue weighted by Gasteiger charge is -2.37. The van der Waals surface area contributed by atoms with Gasteiger partial charge in [0.25, 0.3) is 0 Å². The fraction of sp³-hybridized carbons (Fsp3) is 0.786. The molecule has 0 amide bonds. The molecule has 1 heterocycles. The fourth-order valence-corrected chi connectivity index (χ4v) is 2.91. The van der Waals surface area contributed by atoms with Crippen molar-refractivity contribution >= 4 is 18.2 Å². The molecular weight excluding hydrogens is 250 g/mol. The van der Waals surface area contributed by atoms with Crippen LogP contribution in [0, 0.1) is 5.41 Å². The highest BCUT2D eigenvalue weighted by molar-refractivity contribution is 5.95. The summed E-state index contributed by atoms with van der Waals surface area (Å²) >= 11 is 0. The van der Waals surface area contributed by atoms with E-state index in [1.807, 2.05) is 26.8 Å². The standard InChI is InChI=1S/C14H23NO2.ClH/c1-10-8-11(15-6-4-5-7-15)13(17)14(2,3)9-12(10)16;/h8,11,13,17H,4-7,9H2,1-3H3;1H. The van der Waals surface area contributed by atoms with Crippen molar-refractivity contribution in [2.45, 2.75) is 52.2 Å². The van der Waals surface area contributed by atoms with E-state index in [0.717, 1.165) is 18.7 Å². The van der Waals surface area contributed by atoms with Crippen LogP contribution in [0.5, 0.6) is 0 Å². The number of hydrogen-bond donors (Lipinski definition) is 1. The van der Waals surface area contributed by atoms with E-state index in [2.05, 4.69) is 4.90 Å². The first-order valence-electron chi connectivity index (χ1n) is 6.55. The summed E-state index contributed by atoms with van der Waals surface area (Å²) in [4.78, 5) is 14.3. The number of carbonyl (C=O) groups is 1. The molecule has 18 heavy (non-hydrogen) atoms. The van der Waals surface area contributed by atoms with Gasteiger partial charge in [-0.2, -0.15) is 0 Å². The molecule has 0 saturated carbocycles. The highest BCUT2D eigenvalue weighted by atomic mass is 35.5. The van der Waals surface area contributed by atoms with E-state index in [-0.39, 0.29) is 29.6 Å². The molecule has 104 valence electrons. The third kappa shape index (κ3) is 2.95. The van der Waals surface area contributed by atoms with Crippen LogP contribution in [0.25, 0.3) is 0 Å². The Bertz CT molecular complexity index is 346. The number of likely N-dealkylation sites (tertiary alicyclic amines) is 1. The number of carbonyl (C=O) groups excluding carboxylic acids is 1. The van der Waals surface area contributed by atoms with E-state index in [0.29, 0.717) is 6.42 Å². The van der Waals surface area contributed by atoms with Crippen LogP contribution in [0.15, 0.2) is 11.6 Å². The quantitative estimate of drug-likeness (QED) is 0.796. The van der Waals surface area contributed by atoms with Crippen LogP contribution < -0.4 is 0 Å². The number of Topliss-reactive ketones (excluding diaryl/α,β-unsaturated/α-hetero) is 1. The van der Waals surface area contributed by atoms with Crippen LogP contribution >= 0.6 is 12.4 Å². The molecule has 1 N–H and O–H groups in total. The van der Waals surface area contributed by atoms with Crippen molar-refractivity contribution < 1.29 is 9.90 Å². The first-order valence-corrected chi connectivity index (χ1v) is 6.55. The van der Waals surface area contributed by atoms with Gasteiger partial charge < -0.3 is 5.11 Å². The van der Waals surface area contributed by atoms with E-state index >= 15 is 0 Å². The molecule has 1 aliphatic carbocycles. The van der Waals surface area contributed by atoms with Crippen molar-refractivity contribution in [2.75, 3.05) is 13.1 Å². The predicted octanol–water partition coefficient (Wildman–Crippen LogP) is 2.18. The molecule has 0 aromatic rings. The Balaban J connectivity index is 0.00000162. The first-order chi connectivity index (χ1) is 7.92. The zero-order valence-electron chi connectivity index (χ0n) is 11.5. The maximum absolute atomic E-state index is 11.9. The molecule has 4 heteroatoms. The summed E-state index contributed by atoms with van der Waals surface area (Å²) in [5, 5.41) is 10.5. The second kappa shape index (κ2) is 5.72. The van der Waals surface area contributed by atoms with Crippen LogP contribution in [0.1, 0.15) is 40.0 Å². The highest BCUT2D eigenvalue weighted by Crippen LogP contribution is 2.35. The summed E-state index contributed by atoms with van der Waals surface area (Å²) in [7, 11) is 0. The fourth-order valence-electron chi connectivity index (χ4n) is 2.91. The van der Waals surface area contributed by atoms with E-state index in [1.54, 1.807) is 0 Å². The first kappa shape index (κ1) is 15.7. The molecule has 1 saturated heterocycles. The topological polar surface area (TPSA) is 40.5 Å². The second-order valence-electron chi connectivity index (χ2n) is 6.12. The number of allylic oxidation sites excluding steroid dienone is 1. The second-order valence-corrected chi connectivity index (χ2v) is 6.12. The Morgan fingerprint density at radius 1 is 1.33 bits per heavy atom. The zero-order chi connectivity index (χ0) is 12.6. The Hall–Kier alpha value is -0.380. The summed E-state index contributed by atoms with van der Waals surface area (Å²) in [6.07, 6.45) is 4.37. The maximum atomic E-state index is 11.9. The Morgan fingerprint density at radius 3 is 2.44 bits per heavy atom. The summed E-state index contributed by atoms with van der Waals surface area (Å²) in [5.74, 6) is 0.177. The summed E-state index contributed by atoms with van der Waals surface area (Å²) < 4.78 is 0. The summed E-state index contributed by atoms with van der Waals surface area (Å²) in [5.41, 5.74) is 0.477. The molecule has 2 rings (SSSR count). The molecule has 1 aliphatic heterocycles. The molecule has 3 nitrogen and oxygen atoms in total. The molecule has 1 fully saturated rings. The molecule has 2 atom stereocenters. The van der Waals surface area contributed by atoms with Gasteiger partial charge in [-0.1, -0.05) is 19.9 Å². The number of nitrogens with zero attached hydrogens (tertiary/aromatic N) is 1.